The Morgan fingerprint density at radius 1 is 0.966 bits per heavy atom. The number of piperidine rings is 1. The van der Waals surface area contributed by atoms with Crippen molar-refractivity contribution in [2.45, 2.75) is 46.6 Å². The average molecular weight is 396 g/mol. The summed E-state index contributed by atoms with van der Waals surface area (Å²) in [6, 6.07) is 8.08. The smallest absolute Gasteiger partial charge is 0.232 e. The number of nitrogens with zero attached hydrogens (tertiary/aromatic N) is 5. The van der Waals surface area contributed by atoms with Crippen LogP contribution < -0.4 is 14.7 Å². The van der Waals surface area contributed by atoms with E-state index >= 15 is 0 Å². The highest BCUT2D eigenvalue weighted by Crippen LogP contribution is 2.27. The van der Waals surface area contributed by atoms with Crippen molar-refractivity contribution in [3.63, 3.8) is 0 Å². The Balaban J connectivity index is 1.82. The topological polar surface area (TPSA) is 52.6 Å². The van der Waals surface area contributed by atoms with Gasteiger partial charge >= 0.3 is 0 Å². The fourth-order valence-corrected chi connectivity index (χ4v) is 3.49. The van der Waals surface area contributed by atoms with E-state index in [1.165, 1.54) is 19.3 Å². The standard InChI is InChI=1S/C23H33N5O/c1-23(2,3)21(29)28(20-11-9-19(10-12-20)26(4)5)17-18-15-24-22(25-16-18)27-13-7-6-8-14-27/h9-12,15-16H,6-8,13-14,17H2,1-5H3. The van der Waals surface area contributed by atoms with E-state index in [0.717, 1.165) is 36.0 Å². The molecule has 1 saturated heterocycles. The van der Waals surface area contributed by atoms with Crippen molar-refractivity contribution in [3.05, 3.63) is 42.2 Å². The summed E-state index contributed by atoms with van der Waals surface area (Å²) in [6.45, 7) is 8.35. The predicted molar refractivity (Wildman–Crippen MR) is 120 cm³/mol. The highest BCUT2D eigenvalue weighted by atomic mass is 16.2. The molecule has 0 radical (unpaired) electrons. The van der Waals surface area contributed by atoms with Gasteiger partial charge < -0.3 is 14.7 Å². The van der Waals surface area contributed by atoms with Crippen molar-refractivity contribution < 1.29 is 4.79 Å². The summed E-state index contributed by atoms with van der Waals surface area (Å²) in [4.78, 5) is 28.4. The minimum atomic E-state index is -0.477. The lowest BCUT2D eigenvalue weighted by Crippen LogP contribution is -2.39. The van der Waals surface area contributed by atoms with Crippen LogP contribution in [0, 0.1) is 5.41 Å². The number of rotatable bonds is 5. The number of hydrogen-bond donors (Lipinski definition) is 0. The molecule has 2 aromatic rings. The predicted octanol–water partition coefficient (Wildman–Crippen LogP) is 4.11. The summed E-state index contributed by atoms with van der Waals surface area (Å²) in [5.41, 5.74) is 2.44. The third-order valence-electron chi connectivity index (χ3n) is 5.24. The first kappa shape index (κ1) is 21.1. The summed E-state index contributed by atoms with van der Waals surface area (Å²) in [5, 5.41) is 0. The van der Waals surface area contributed by atoms with Crippen molar-refractivity contribution in [1.82, 2.24) is 9.97 Å². The van der Waals surface area contributed by atoms with Gasteiger partial charge in [-0.1, -0.05) is 20.8 Å². The van der Waals surface area contributed by atoms with Gasteiger partial charge in [0.1, 0.15) is 0 Å². The summed E-state index contributed by atoms with van der Waals surface area (Å²) >= 11 is 0. The molecule has 1 aliphatic rings. The van der Waals surface area contributed by atoms with Crippen LogP contribution in [0.3, 0.4) is 0 Å². The fraction of sp³-hybridized carbons (Fsp3) is 0.522. The average Bonchev–Trinajstić information content (AvgIpc) is 2.72. The monoisotopic (exact) mass is 395 g/mol. The van der Waals surface area contributed by atoms with E-state index in [9.17, 15) is 4.79 Å². The van der Waals surface area contributed by atoms with Crippen LogP contribution in [0.1, 0.15) is 45.6 Å². The quantitative estimate of drug-likeness (QED) is 0.762. The van der Waals surface area contributed by atoms with Crippen LogP contribution in [-0.4, -0.2) is 43.1 Å². The van der Waals surface area contributed by atoms with Crippen LogP contribution in [0.2, 0.25) is 0 Å². The molecule has 1 fully saturated rings. The Labute approximate surface area is 174 Å². The summed E-state index contributed by atoms with van der Waals surface area (Å²) in [7, 11) is 4.02. The Morgan fingerprint density at radius 2 is 1.52 bits per heavy atom. The molecular formula is C23H33N5O. The van der Waals surface area contributed by atoms with Crippen molar-refractivity contribution in [1.29, 1.82) is 0 Å². The molecule has 0 saturated carbocycles. The first-order valence-corrected chi connectivity index (χ1v) is 10.4. The lowest BCUT2D eigenvalue weighted by molar-refractivity contribution is -0.125. The number of hydrogen-bond acceptors (Lipinski definition) is 5. The number of aromatic nitrogens is 2. The van der Waals surface area contributed by atoms with E-state index in [1.54, 1.807) is 0 Å². The molecule has 1 aliphatic heterocycles. The fourth-order valence-electron chi connectivity index (χ4n) is 3.49. The number of carbonyl (C=O) groups is 1. The second-order valence-corrected chi connectivity index (χ2v) is 8.99. The number of anilines is 3. The lowest BCUT2D eigenvalue weighted by Gasteiger charge is -2.30. The van der Waals surface area contributed by atoms with Crippen LogP contribution in [-0.2, 0) is 11.3 Å². The molecular weight excluding hydrogens is 362 g/mol. The van der Waals surface area contributed by atoms with Gasteiger partial charge in [0.2, 0.25) is 11.9 Å². The minimum absolute atomic E-state index is 0.0789. The first-order valence-electron chi connectivity index (χ1n) is 10.4. The number of carbonyl (C=O) groups excluding carboxylic acids is 1. The highest BCUT2D eigenvalue weighted by molar-refractivity contribution is 5.97. The molecule has 6 heteroatoms. The van der Waals surface area contributed by atoms with E-state index in [0.29, 0.717) is 6.54 Å². The van der Waals surface area contributed by atoms with Gasteiger partial charge in [0.25, 0.3) is 0 Å². The van der Waals surface area contributed by atoms with E-state index in [1.807, 2.05) is 81.3 Å². The Hall–Kier alpha value is -2.63. The molecule has 0 atom stereocenters. The van der Waals surface area contributed by atoms with Crippen LogP contribution in [0.25, 0.3) is 0 Å². The number of benzene rings is 1. The molecule has 156 valence electrons. The molecule has 6 nitrogen and oxygen atoms in total. The molecule has 3 rings (SSSR count). The maximum Gasteiger partial charge on any atom is 0.232 e. The Bertz CT molecular complexity index is 803. The molecule has 0 aliphatic carbocycles. The zero-order valence-corrected chi connectivity index (χ0v) is 18.4. The Morgan fingerprint density at radius 3 is 2.03 bits per heavy atom. The lowest BCUT2D eigenvalue weighted by atomic mass is 9.94. The molecule has 0 unspecified atom stereocenters. The summed E-state index contributed by atoms with van der Waals surface area (Å²) < 4.78 is 0. The van der Waals surface area contributed by atoms with Gasteiger partial charge in [0.05, 0.1) is 6.54 Å². The highest BCUT2D eigenvalue weighted by Gasteiger charge is 2.28. The second kappa shape index (κ2) is 8.80. The second-order valence-electron chi connectivity index (χ2n) is 8.99. The van der Waals surface area contributed by atoms with E-state index in [-0.39, 0.29) is 5.91 Å². The number of amides is 1. The summed E-state index contributed by atoms with van der Waals surface area (Å²) in [5.74, 6) is 0.868. The molecule has 1 aromatic heterocycles. The van der Waals surface area contributed by atoms with Gasteiger partial charge in [-0.3, -0.25) is 4.79 Å². The van der Waals surface area contributed by atoms with Crippen LogP contribution in [0.5, 0.6) is 0 Å². The molecule has 0 bridgehead atoms. The normalized spacial score (nSPS) is 14.6. The zero-order valence-electron chi connectivity index (χ0n) is 18.4. The van der Waals surface area contributed by atoms with E-state index in [2.05, 4.69) is 14.9 Å². The zero-order chi connectivity index (χ0) is 21.0. The van der Waals surface area contributed by atoms with Gasteiger partial charge in [0.15, 0.2) is 0 Å². The molecule has 29 heavy (non-hydrogen) atoms. The molecule has 0 spiro atoms. The summed E-state index contributed by atoms with van der Waals surface area (Å²) in [6.07, 6.45) is 7.39. The SMILES string of the molecule is CN(C)c1ccc(N(Cc2cnc(N3CCCCC3)nc2)C(=O)C(C)(C)C)cc1. The van der Waals surface area contributed by atoms with Gasteiger partial charge in [-0.25, -0.2) is 9.97 Å². The third-order valence-corrected chi connectivity index (χ3v) is 5.24. The maximum absolute atomic E-state index is 13.2. The van der Waals surface area contributed by atoms with E-state index < -0.39 is 5.41 Å². The van der Waals surface area contributed by atoms with Gasteiger partial charge in [-0.15, -0.1) is 0 Å². The van der Waals surface area contributed by atoms with Crippen LogP contribution in [0.15, 0.2) is 36.7 Å². The Kier molecular flexibility index (Phi) is 6.40. The molecule has 1 aromatic carbocycles. The van der Waals surface area contributed by atoms with Crippen molar-refractivity contribution >= 4 is 23.2 Å². The van der Waals surface area contributed by atoms with Gasteiger partial charge in [0, 0.05) is 61.9 Å². The van der Waals surface area contributed by atoms with Crippen LogP contribution in [0.4, 0.5) is 17.3 Å². The van der Waals surface area contributed by atoms with Crippen LogP contribution >= 0.6 is 0 Å². The molecule has 0 N–H and O–H groups in total. The van der Waals surface area contributed by atoms with Crippen molar-refractivity contribution in [3.8, 4) is 0 Å². The minimum Gasteiger partial charge on any atom is -0.378 e. The van der Waals surface area contributed by atoms with Crippen molar-refractivity contribution in [2.24, 2.45) is 5.41 Å². The molecule has 2 heterocycles. The molecule has 1 amide bonds. The maximum atomic E-state index is 13.2. The first-order chi connectivity index (χ1) is 13.8. The van der Waals surface area contributed by atoms with Crippen molar-refractivity contribution in [2.75, 3.05) is 41.9 Å². The largest absolute Gasteiger partial charge is 0.378 e. The van der Waals surface area contributed by atoms with Gasteiger partial charge in [-0.05, 0) is 43.5 Å². The van der Waals surface area contributed by atoms with Gasteiger partial charge in [-0.2, -0.15) is 0 Å². The third kappa shape index (κ3) is 5.25. The van der Waals surface area contributed by atoms with E-state index in [4.69, 9.17) is 0 Å².